The highest BCUT2D eigenvalue weighted by atomic mass is 16.6. The topological polar surface area (TPSA) is 38.8 Å². The van der Waals surface area contributed by atoms with Crippen LogP contribution in [0.15, 0.2) is 60.2 Å². The van der Waals surface area contributed by atoms with Gasteiger partial charge >= 0.3 is 6.09 Å². The molecule has 4 aliphatic rings. The molecule has 1 amide bonds. The standard InChI is InChI=1S/C29H33NO3/c31-29(33-19-28-26-10-3-1-8-24(26)25-9-2-4-11-27(25)28)30-22-6-5-7-23(30)18-21(17-22)16-20-12-14-32-15-13-20/h1-4,8-11,17,20,22-23,28H,5-7,12-16,18-19H2. The number of piperidine rings is 1. The van der Waals surface area contributed by atoms with Crippen molar-refractivity contribution in [3.8, 4) is 11.1 Å². The number of fused-ring (bicyclic) bond motifs is 5. The Bertz CT molecular complexity index is 1010. The monoisotopic (exact) mass is 443 g/mol. The Labute approximate surface area is 196 Å². The van der Waals surface area contributed by atoms with Gasteiger partial charge in [-0.05, 0) is 73.1 Å². The summed E-state index contributed by atoms with van der Waals surface area (Å²) in [4.78, 5) is 15.4. The van der Waals surface area contributed by atoms with Crippen molar-refractivity contribution < 1.29 is 14.3 Å². The lowest BCUT2D eigenvalue weighted by Crippen LogP contribution is -2.52. The second kappa shape index (κ2) is 8.98. The molecule has 3 heterocycles. The molecule has 0 radical (unpaired) electrons. The van der Waals surface area contributed by atoms with E-state index in [0.717, 1.165) is 38.4 Å². The summed E-state index contributed by atoms with van der Waals surface area (Å²) in [6, 6.07) is 17.5. The molecule has 2 fully saturated rings. The van der Waals surface area contributed by atoms with Crippen LogP contribution in [0.5, 0.6) is 0 Å². The average molecular weight is 444 g/mol. The minimum Gasteiger partial charge on any atom is -0.448 e. The summed E-state index contributed by atoms with van der Waals surface area (Å²) < 4.78 is 11.6. The smallest absolute Gasteiger partial charge is 0.410 e. The van der Waals surface area contributed by atoms with Gasteiger partial charge in [0.05, 0.1) is 6.04 Å². The van der Waals surface area contributed by atoms with E-state index in [4.69, 9.17) is 9.47 Å². The lowest BCUT2D eigenvalue weighted by molar-refractivity contribution is 0.0479. The lowest BCUT2D eigenvalue weighted by Gasteiger charge is -2.44. The Balaban J connectivity index is 1.16. The predicted octanol–water partition coefficient (Wildman–Crippen LogP) is 6.31. The van der Waals surface area contributed by atoms with Gasteiger partial charge in [0, 0.05) is 25.2 Å². The van der Waals surface area contributed by atoms with Crippen LogP contribution in [-0.2, 0) is 9.47 Å². The zero-order valence-electron chi connectivity index (χ0n) is 19.2. The Kier molecular flexibility index (Phi) is 5.71. The molecule has 4 nitrogen and oxygen atoms in total. The van der Waals surface area contributed by atoms with Gasteiger partial charge in [0.1, 0.15) is 6.61 Å². The third-order valence-corrected chi connectivity index (χ3v) is 8.15. The van der Waals surface area contributed by atoms with Crippen LogP contribution in [0.1, 0.15) is 62.0 Å². The molecule has 0 aromatic heterocycles. The molecule has 0 N–H and O–H groups in total. The number of hydrogen-bond donors (Lipinski definition) is 0. The van der Waals surface area contributed by atoms with Crippen molar-refractivity contribution in [2.75, 3.05) is 19.8 Å². The molecule has 4 heteroatoms. The number of nitrogens with zero attached hydrogens (tertiary/aromatic N) is 1. The van der Waals surface area contributed by atoms with Gasteiger partial charge in [0.25, 0.3) is 0 Å². The minimum atomic E-state index is -0.132. The predicted molar refractivity (Wildman–Crippen MR) is 129 cm³/mol. The minimum absolute atomic E-state index is 0.116. The molecule has 2 saturated heterocycles. The van der Waals surface area contributed by atoms with Crippen LogP contribution in [0.4, 0.5) is 4.79 Å². The third kappa shape index (κ3) is 3.99. The molecule has 2 atom stereocenters. The van der Waals surface area contributed by atoms with Crippen molar-refractivity contribution >= 4 is 6.09 Å². The molecule has 33 heavy (non-hydrogen) atoms. The second-order valence-corrected chi connectivity index (χ2v) is 10.2. The maximum atomic E-state index is 13.3. The number of rotatable bonds is 4. The lowest BCUT2D eigenvalue weighted by atomic mass is 9.81. The first-order valence-corrected chi connectivity index (χ1v) is 12.7. The van der Waals surface area contributed by atoms with E-state index in [0.29, 0.717) is 12.6 Å². The number of carbonyl (C=O) groups is 1. The molecule has 2 aromatic carbocycles. The van der Waals surface area contributed by atoms with Crippen molar-refractivity contribution in [1.82, 2.24) is 4.90 Å². The highest BCUT2D eigenvalue weighted by molar-refractivity contribution is 5.79. The Morgan fingerprint density at radius 1 is 0.939 bits per heavy atom. The molecular formula is C29H33NO3. The van der Waals surface area contributed by atoms with E-state index in [1.165, 1.54) is 47.9 Å². The van der Waals surface area contributed by atoms with Gasteiger partial charge in [-0.25, -0.2) is 4.79 Å². The molecule has 0 saturated carbocycles. The van der Waals surface area contributed by atoms with Crippen LogP contribution < -0.4 is 0 Å². The summed E-state index contributed by atoms with van der Waals surface area (Å²) in [6.45, 7) is 2.20. The maximum absolute atomic E-state index is 13.3. The molecule has 172 valence electrons. The van der Waals surface area contributed by atoms with E-state index < -0.39 is 0 Å². The Hall–Kier alpha value is -2.59. The molecule has 3 aliphatic heterocycles. The molecule has 2 aromatic rings. The quantitative estimate of drug-likeness (QED) is 0.520. The van der Waals surface area contributed by atoms with Crippen LogP contribution in [0.3, 0.4) is 0 Å². The number of amides is 1. The van der Waals surface area contributed by atoms with E-state index in [9.17, 15) is 4.79 Å². The van der Waals surface area contributed by atoms with Crippen molar-refractivity contribution in [3.63, 3.8) is 0 Å². The molecule has 1 aliphatic carbocycles. The van der Waals surface area contributed by atoms with Gasteiger partial charge in [0.2, 0.25) is 0 Å². The molecule has 6 rings (SSSR count). The number of benzene rings is 2. The van der Waals surface area contributed by atoms with Crippen LogP contribution in [0, 0.1) is 5.92 Å². The van der Waals surface area contributed by atoms with Gasteiger partial charge in [-0.1, -0.05) is 60.2 Å². The van der Waals surface area contributed by atoms with Gasteiger partial charge in [0.15, 0.2) is 0 Å². The number of hydrogen-bond acceptors (Lipinski definition) is 3. The van der Waals surface area contributed by atoms with Crippen LogP contribution in [0.2, 0.25) is 0 Å². The highest BCUT2D eigenvalue weighted by Gasteiger charge is 2.39. The summed E-state index contributed by atoms with van der Waals surface area (Å²) >= 11 is 0. The van der Waals surface area contributed by atoms with E-state index in [2.05, 4.69) is 59.5 Å². The van der Waals surface area contributed by atoms with Crippen LogP contribution in [-0.4, -0.2) is 42.9 Å². The van der Waals surface area contributed by atoms with E-state index in [-0.39, 0.29) is 18.1 Å². The summed E-state index contributed by atoms with van der Waals surface area (Å²) in [7, 11) is 0. The first-order valence-electron chi connectivity index (χ1n) is 12.7. The van der Waals surface area contributed by atoms with Crippen molar-refractivity contribution in [1.29, 1.82) is 0 Å². The van der Waals surface area contributed by atoms with E-state index in [1.807, 2.05) is 0 Å². The molecular weight excluding hydrogens is 410 g/mol. The van der Waals surface area contributed by atoms with Gasteiger partial charge in [-0.3, -0.25) is 4.90 Å². The summed E-state index contributed by atoms with van der Waals surface area (Å²) in [6.07, 6.45) is 10.1. The zero-order valence-corrected chi connectivity index (χ0v) is 19.2. The third-order valence-electron chi connectivity index (χ3n) is 8.15. The van der Waals surface area contributed by atoms with Gasteiger partial charge in [-0.2, -0.15) is 0 Å². The number of carbonyl (C=O) groups excluding carboxylic acids is 1. The fourth-order valence-electron chi connectivity index (χ4n) is 6.54. The maximum Gasteiger partial charge on any atom is 0.410 e. The second-order valence-electron chi connectivity index (χ2n) is 10.2. The Morgan fingerprint density at radius 3 is 2.33 bits per heavy atom. The first-order chi connectivity index (χ1) is 16.3. The highest BCUT2D eigenvalue weighted by Crippen LogP contribution is 2.45. The van der Waals surface area contributed by atoms with Crippen molar-refractivity contribution in [2.24, 2.45) is 5.92 Å². The van der Waals surface area contributed by atoms with Gasteiger partial charge < -0.3 is 9.47 Å². The normalized spacial score (nSPS) is 24.7. The van der Waals surface area contributed by atoms with E-state index in [1.54, 1.807) is 5.57 Å². The van der Waals surface area contributed by atoms with Crippen molar-refractivity contribution in [2.45, 2.75) is 62.9 Å². The molecule has 2 bridgehead atoms. The largest absolute Gasteiger partial charge is 0.448 e. The fourth-order valence-corrected chi connectivity index (χ4v) is 6.54. The summed E-state index contributed by atoms with van der Waals surface area (Å²) in [5.41, 5.74) is 6.63. The molecule has 2 unspecified atom stereocenters. The van der Waals surface area contributed by atoms with Crippen LogP contribution >= 0.6 is 0 Å². The zero-order chi connectivity index (χ0) is 22.2. The summed E-state index contributed by atoms with van der Waals surface area (Å²) in [5.74, 6) is 0.859. The molecule has 0 spiro atoms. The van der Waals surface area contributed by atoms with Gasteiger partial charge in [-0.15, -0.1) is 0 Å². The first kappa shape index (κ1) is 21.0. The fraction of sp³-hybridized carbons (Fsp3) is 0.483. The Morgan fingerprint density at radius 2 is 1.64 bits per heavy atom. The summed E-state index contributed by atoms with van der Waals surface area (Å²) in [5, 5.41) is 0. The SMILES string of the molecule is O=C(OCC1c2ccccc2-c2ccccc21)N1C2C=C(CC3CCOCC3)CC1CCC2. The van der Waals surface area contributed by atoms with Crippen molar-refractivity contribution in [3.05, 3.63) is 71.3 Å². The average Bonchev–Trinajstić information content (AvgIpc) is 3.16. The number of ether oxygens (including phenoxy) is 2. The van der Waals surface area contributed by atoms with E-state index >= 15 is 0 Å². The van der Waals surface area contributed by atoms with Crippen LogP contribution in [0.25, 0.3) is 11.1 Å².